The van der Waals surface area contributed by atoms with Gasteiger partial charge in [0.2, 0.25) is 0 Å². The fourth-order valence-corrected chi connectivity index (χ4v) is 1.30. The number of hydrogen-bond acceptors (Lipinski definition) is 7. The summed E-state index contributed by atoms with van der Waals surface area (Å²) in [6.45, 7) is 0. The van der Waals surface area contributed by atoms with E-state index in [1.807, 2.05) is 0 Å². The van der Waals surface area contributed by atoms with Gasteiger partial charge in [0.25, 0.3) is 5.69 Å². The van der Waals surface area contributed by atoms with E-state index in [1.165, 1.54) is 0 Å². The molecule has 1 aromatic carbocycles. The number of nitrogens with zero attached hydrogens (tertiary/aromatic N) is 4. The summed E-state index contributed by atoms with van der Waals surface area (Å²) in [5.41, 5.74) is -0.820. The van der Waals surface area contributed by atoms with Crippen LogP contribution in [0.2, 0.25) is 0 Å². The second-order valence-electron chi connectivity index (χ2n) is 3.06. The summed E-state index contributed by atoms with van der Waals surface area (Å²) in [5, 5.41) is 41.2. The van der Waals surface area contributed by atoms with Crippen LogP contribution in [0.5, 0.6) is 11.8 Å². The number of aromatic nitrogens is 2. The first-order valence-electron chi connectivity index (χ1n) is 4.27. The number of rotatable bonds is 1. The number of nitriles is 1. The van der Waals surface area contributed by atoms with Crippen LogP contribution in [-0.4, -0.2) is 20.4 Å². The van der Waals surface area contributed by atoms with E-state index in [-0.39, 0.29) is 81.2 Å². The maximum Gasteiger partial charge on any atom is 1.00 e. The predicted octanol–water partition coefficient (Wildman–Crippen LogP) is -7.26. The van der Waals surface area contributed by atoms with Gasteiger partial charge in [-0.25, -0.2) is 0 Å². The molecule has 2 rings (SSSR count). The van der Waals surface area contributed by atoms with Crippen LogP contribution in [0.3, 0.4) is 0 Å². The van der Waals surface area contributed by atoms with E-state index in [1.54, 1.807) is 6.07 Å². The van der Waals surface area contributed by atoms with E-state index in [0.717, 1.165) is 12.1 Å². The quantitative estimate of drug-likeness (QED) is 0.285. The Morgan fingerprint density at radius 2 is 1.55 bits per heavy atom. The zero-order valence-corrected chi connectivity index (χ0v) is 14.6. The molecule has 11 heteroatoms. The summed E-state index contributed by atoms with van der Waals surface area (Å²) in [4.78, 5) is 16.6. The Morgan fingerprint density at radius 1 is 1.10 bits per heavy atom. The fraction of sp³-hybridized carbons (Fsp3) is 0. The molecule has 0 aliphatic heterocycles. The third-order valence-electron chi connectivity index (χ3n) is 2.04. The van der Waals surface area contributed by atoms with Crippen molar-refractivity contribution in [3.05, 3.63) is 27.8 Å². The predicted molar refractivity (Wildman–Crippen MR) is 53.4 cm³/mol. The van der Waals surface area contributed by atoms with Crippen molar-refractivity contribution in [3.8, 4) is 17.8 Å². The first-order valence-corrected chi connectivity index (χ1v) is 4.27. The van der Waals surface area contributed by atoms with Gasteiger partial charge in [-0.2, -0.15) is 5.26 Å². The van der Waals surface area contributed by atoms with Crippen LogP contribution in [0.1, 0.15) is 5.56 Å². The molecule has 20 heavy (non-hydrogen) atoms. The number of nitro benzene ring substituents is 1. The molecular formula is C9H4N4Na2O5. The zero-order chi connectivity index (χ0) is 12.6. The molecule has 0 aliphatic rings. The van der Waals surface area contributed by atoms with E-state index in [0.29, 0.717) is 0 Å². The maximum atomic E-state index is 10.9. The van der Waals surface area contributed by atoms with Gasteiger partial charge in [-0.1, -0.05) is 0 Å². The van der Waals surface area contributed by atoms with Gasteiger partial charge < -0.3 is 15.7 Å². The van der Waals surface area contributed by atoms with Crippen LogP contribution in [0.25, 0.3) is 11.0 Å². The van der Waals surface area contributed by atoms with Crippen molar-refractivity contribution in [2.24, 2.45) is 0 Å². The molecule has 2 aromatic rings. The monoisotopic (exact) mass is 294 g/mol. The molecule has 0 fully saturated rings. The van der Waals surface area contributed by atoms with Gasteiger partial charge in [0.1, 0.15) is 11.6 Å². The first kappa shape index (κ1) is 21.3. The fourth-order valence-electron chi connectivity index (χ4n) is 1.30. The van der Waals surface area contributed by atoms with E-state index in [4.69, 9.17) is 5.26 Å². The second-order valence-corrected chi connectivity index (χ2v) is 3.06. The van der Waals surface area contributed by atoms with Crippen molar-refractivity contribution < 1.29 is 79.7 Å². The molecule has 1 aromatic heterocycles. The van der Waals surface area contributed by atoms with Crippen LogP contribution in [-0.2, 0) is 0 Å². The van der Waals surface area contributed by atoms with Crippen LogP contribution < -0.4 is 69.3 Å². The van der Waals surface area contributed by atoms with Crippen LogP contribution >= 0.6 is 0 Å². The maximum absolute atomic E-state index is 10.9. The minimum Gasteiger partial charge on any atom is -0.858 e. The third-order valence-corrected chi connectivity index (χ3v) is 2.04. The summed E-state index contributed by atoms with van der Waals surface area (Å²) in [6.07, 6.45) is 0. The normalized spacial score (nSPS) is 8.55. The molecule has 0 unspecified atom stereocenters. The molecule has 0 atom stereocenters. The molecule has 0 amide bonds. The number of hydrogen-bond donors (Lipinski definition) is 0. The van der Waals surface area contributed by atoms with Gasteiger partial charge in [-0.3, -0.25) is 20.1 Å². The summed E-state index contributed by atoms with van der Waals surface area (Å²) in [5.74, 6) is -2.15. The Hall–Kier alpha value is -0.990. The Morgan fingerprint density at radius 3 is 1.95 bits per heavy atom. The smallest absolute Gasteiger partial charge is 0.858 e. The second kappa shape index (κ2) is 8.33. The average molecular weight is 294 g/mol. The van der Waals surface area contributed by atoms with Crippen molar-refractivity contribution in [1.29, 1.82) is 5.26 Å². The van der Waals surface area contributed by atoms with E-state index >= 15 is 0 Å². The Balaban J connectivity index is 0. The molecule has 0 aliphatic carbocycles. The third kappa shape index (κ3) is 4.00. The minimum absolute atomic E-state index is 0. The number of benzene rings is 1. The summed E-state index contributed by atoms with van der Waals surface area (Å²) in [6, 6.07) is 3.62. The van der Waals surface area contributed by atoms with Crippen molar-refractivity contribution in [2.75, 3.05) is 0 Å². The molecule has 0 bridgehead atoms. The van der Waals surface area contributed by atoms with Crippen molar-refractivity contribution in [3.63, 3.8) is 0 Å². The van der Waals surface area contributed by atoms with E-state index in [2.05, 4.69) is 9.97 Å². The summed E-state index contributed by atoms with van der Waals surface area (Å²) >= 11 is 0. The van der Waals surface area contributed by atoms with Crippen LogP contribution in [0.15, 0.2) is 12.1 Å². The molecule has 0 saturated heterocycles. The van der Waals surface area contributed by atoms with Gasteiger partial charge in [-0.15, -0.1) is 0 Å². The van der Waals surface area contributed by atoms with Crippen molar-refractivity contribution >= 4 is 16.7 Å². The topological polar surface area (TPSA) is 170 Å². The van der Waals surface area contributed by atoms with Crippen molar-refractivity contribution in [2.45, 2.75) is 0 Å². The summed E-state index contributed by atoms with van der Waals surface area (Å²) in [7, 11) is 0. The van der Waals surface area contributed by atoms with E-state index < -0.39 is 22.4 Å². The largest absolute Gasteiger partial charge is 1.00 e. The Bertz CT molecular complexity index is 688. The minimum atomic E-state index is -1.09. The molecule has 0 spiro atoms. The molecule has 1 heterocycles. The SMILES string of the molecule is N#Cc1cc2nc([O-])c([O-])nc2cc1[N+](=O)[O-].O.[Na+].[Na+]. The van der Waals surface area contributed by atoms with Gasteiger partial charge >= 0.3 is 59.1 Å². The first-order chi connectivity index (χ1) is 8.02. The van der Waals surface area contributed by atoms with E-state index in [9.17, 15) is 20.3 Å². The standard InChI is InChI=1S/C9H4N4O4.2Na.H2O/c10-3-4-1-5-6(2-7(4)13(16)17)12-9(15)8(14)11-5;;;/h1-2H,(H,11,14)(H,12,15);;;1H2/q;2*+1;/p-2. The van der Waals surface area contributed by atoms with Crippen LogP contribution in [0.4, 0.5) is 5.69 Å². The molecule has 0 radical (unpaired) electrons. The van der Waals surface area contributed by atoms with Gasteiger partial charge in [0.15, 0.2) is 0 Å². The molecule has 9 nitrogen and oxygen atoms in total. The molecule has 92 valence electrons. The number of fused-ring (bicyclic) bond motifs is 1. The van der Waals surface area contributed by atoms with Gasteiger partial charge in [0, 0.05) is 6.07 Å². The number of nitro groups is 1. The average Bonchev–Trinajstić information content (AvgIpc) is 2.29. The van der Waals surface area contributed by atoms with Crippen molar-refractivity contribution in [1.82, 2.24) is 9.97 Å². The molecular weight excluding hydrogens is 290 g/mol. The Labute approximate surface area is 156 Å². The zero-order valence-electron chi connectivity index (χ0n) is 10.6. The van der Waals surface area contributed by atoms with Crippen LogP contribution in [0, 0.1) is 21.4 Å². The Kier molecular flexibility index (Phi) is 8.88. The van der Waals surface area contributed by atoms with Gasteiger partial charge in [-0.05, 0) is 17.8 Å². The van der Waals surface area contributed by atoms with Gasteiger partial charge in [0.05, 0.1) is 16.0 Å². The molecule has 2 N–H and O–H groups in total. The molecule has 0 saturated carbocycles. The summed E-state index contributed by atoms with van der Waals surface area (Å²) < 4.78 is 0.